The monoisotopic (exact) mass is 312 g/mol. The molecule has 8 nitrogen and oxygen atoms in total. The third kappa shape index (κ3) is 3.48. The number of hydrogen-bond acceptors (Lipinski definition) is 5. The molecule has 0 atom stereocenters. The van der Waals surface area contributed by atoms with Crippen molar-refractivity contribution in [3.8, 4) is 0 Å². The highest BCUT2D eigenvalue weighted by Crippen LogP contribution is 2.17. The van der Waals surface area contributed by atoms with Crippen LogP contribution in [-0.4, -0.2) is 64.5 Å². The highest BCUT2D eigenvalue weighted by atomic mass is 32.1. The number of likely N-dealkylation sites (N-methyl/N-ethyl adjacent to an activating group) is 1. The van der Waals surface area contributed by atoms with E-state index in [1.807, 2.05) is 0 Å². The molecule has 1 fully saturated rings. The van der Waals surface area contributed by atoms with Crippen LogP contribution in [0.25, 0.3) is 0 Å². The summed E-state index contributed by atoms with van der Waals surface area (Å²) in [4.78, 5) is 41.7. The van der Waals surface area contributed by atoms with Crippen LogP contribution < -0.4 is 5.32 Å². The molecule has 1 aliphatic rings. The fourth-order valence-electron chi connectivity index (χ4n) is 1.92. The first-order chi connectivity index (χ1) is 9.88. The maximum atomic E-state index is 12.0. The highest BCUT2D eigenvalue weighted by Gasteiger charge is 2.24. The Balaban J connectivity index is 1.91. The van der Waals surface area contributed by atoms with Crippen LogP contribution in [0.4, 0.5) is 4.79 Å². The van der Waals surface area contributed by atoms with Crippen molar-refractivity contribution in [2.75, 3.05) is 26.7 Å². The summed E-state index contributed by atoms with van der Waals surface area (Å²) in [6.07, 6.45) is 0. The second kappa shape index (κ2) is 6.08. The summed E-state index contributed by atoms with van der Waals surface area (Å²) in [6.45, 7) is 2.80. The molecule has 1 aromatic rings. The number of carboxylic acids is 1. The molecular weight excluding hydrogens is 296 g/mol. The zero-order valence-electron chi connectivity index (χ0n) is 11.8. The summed E-state index contributed by atoms with van der Waals surface area (Å²) in [6, 6.07) is -0.346. The third-order valence-corrected chi connectivity index (χ3v) is 4.32. The number of carboxylic acid groups (broad SMARTS) is 1. The predicted molar refractivity (Wildman–Crippen MR) is 75.3 cm³/mol. The first-order valence-electron chi connectivity index (χ1n) is 6.35. The number of nitrogens with zero attached hydrogens (tertiary/aromatic N) is 3. The molecule has 0 aromatic carbocycles. The van der Waals surface area contributed by atoms with E-state index >= 15 is 0 Å². The summed E-state index contributed by atoms with van der Waals surface area (Å²) < 4.78 is 0. The molecule has 0 unspecified atom stereocenters. The number of thiazole rings is 1. The van der Waals surface area contributed by atoms with Crippen molar-refractivity contribution >= 4 is 29.2 Å². The van der Waals surface area contributed by atoms with Gasteiger partial charge in [0.25, 0.3) is 0 Å². The van der Waals surface area contributed by atoms with Gasteiger partial charge in [-0.15, -0.1) is 11.3 Å². The molecule has 0 radical (unpaired) electrons. The van der Waals surface area contributed by atoms with Crippen molar-refractivity contribution in [3.63, 3.8) is 0 Å². The summed E-state index contributed by atoms with van der Waals surface area (Å²) in [5, 5.41) is 12.1. The summed E-state index contributed by atoms with van der Waals surface area (Å²) in [5.41, 5.74) is 0.437. The zero-order chi connectivity index (χ0) is 15.6. The fourth-order valence-corrected chi connectivity index (χ4v) is 2.76. The summed E-state index contributed by atoms with van der Waals surface area (Å²) >= 11 is 1.04. The average molecular weight is 312 g/mol. The van der Waals surface area contributed by atoms with Gasteiger partial charge in [0, 0.05) is 20.1 Å². The first-order valence-corrected chi connectivity index (χ1v) is 7.16. The van der Waals surface area contributed by atoms with Crippen LogP contribution in [0.3, 0.4) is 0 Å². The minimum atomic E-state index is -1.02. The standard InChI is InChI=1S/C12H16N4O4S/c1-7-10(11(18)19)21-8(14-7)5-13-12(20)16-4-3-15(2)9(17)6-16/h3-6H2,1-2H3,(H,13,20)(H,18,19). The molecule has 0 spiro atoms. The van der Waals surface area contributed by atoms with Gasteiger partial charge in [-0.2, -0.15) is 0 Å². The second-order valence-electron chi connectivity index (χ2n) is 4.72. The Morgan fingerprint density at radius 3 is 2.71 bits per heavy atom. The second-order valence-corrected chi connectivity index (χ2v) is 5.81. The number of hydrogen-bond donors (Lipinski definition) is 2. The third-order valence-electron chi connectivity index (χ3n) is 3.17. The summed E-state index contributed by atoms with van der Waals surface area (Å²) in [7, 11) is 1.70. The van der Waals surface area contributed by atoms with Gasteiger partial charge in [-0.25, -0.2) is 14.6 Å². The minimum Gasteiger partial charge on any atom is -0.477 e. The van der Waals surface area contributed by atoms with Gasteiger partial charge in [0.2, 0.25) is 5.91 Å². The van der Waals surface area contributed by atoms with Gasteiger partial charge in [0.15, 0.2) is 0 Å². The van der Waals surface area contributed by atoms with Crippen molar-refractivity contribution in [2.24, 2.45) is 0 Å². The number of aryl methyl sites for hydroxylation is 1. The van der Waals surface area contributed by atoms with E-state index in [2.05, 4.69) is 10.3 Å². The fraction of sp³-hybridized carbons (Fsp3) is 0.500. The Labute approximate surface area is 125 Å². The Bertz CT molecular complexity index is 586. The molecule has 0 saturated carbocycles. The maximum Gasteiger partial charge on any atom is 0.347 e. The SMILES string of the molecule is Cc1nc(CNC(=O)N2CCN(C)C(=O)C2)sc1C(=O)O. The molecule has 0 bridgehead atoms. The number of rotatable bonds is 3. The van der Waals surface area contributed by atoms with E-state index in [-0.39, 0.29) is 29.9 Å². The van der Waals surface area contributed by atoms with Crippen LogP contribution in [0.1, 0.15) is 20.4 Å². The van der Waals surface area contributed by atoms with Gasteiger partial charge in [-0.1, -0.05) is 0 Å². The topological polar surface area (TPSA) is 103 Å². The number of carbonyl (C=O) groups excluding carboxylic acids is 2. The number of aromatic carboxylic acids is 1. The number of aromatic nitrogens is 1. The van der Waals surface area contributed by atoms with E-state index in [9.17, 15) is 14.4 Å². The van der Waals surface area contributed by atoms with Crippen molar-refractivity contribution in [1.29, 1.82) is 0 Å². The molecule has 114 valence electrons. The zero-order valence-corrected chi connectivity index (χ0v) is 12.6. The largest absolute Gasteiger partial charge is 0.477 e. The number of nitrogens with one attached hydrogen (secondary N) is 1. The van der Waals surface area contributed by atoms with Crippen molar-refractivity contribution in [3.05, 3.63) is 15.6 Å². The van der Waals surface area contributed by atoms with Crippen LogP contribution in [0.15, 0.2) is 0 Å². The summed E-state index contributed by atoms with van der Waals surface area (Å²) in [5.74, 6) is -1.12. The molecule has 9 heteroatoms. The molecule has 21 heavy (non-hydrogen) atoms. The van der Waals surface area contributed by atoms with Gasteiger partial charge < -0.3 is 20.2 Å². The van der Waals surface area contributed by atoms with E-state index < -0.39 is 5.97 Å². The molecule has 2 N–H and O–H groups in total. The van der Waals surface area contributed by atoms with E-state index in [0.29, 0.717) is 23.8 Å². The molecule has 0 aliphatic carbocycles. The maximum absolute atomic E-state index is 12.0. The van der Waals surface area contributed by atoms with Crippen LogP contribution in [0.2, 0.25) is 0 Å². The van der Waals surface area contributed by atoms with E-state index in [1.54, 1.807) is 18.9 Å². The molecule has 2 heterocycles. The lowest BCUT2D eigenvalue weighted by Crippen LogP contribution is -2.53. The lowest BCUT2D eigenvalue weighted by molar-refractivity contribution is -0.133. The van der Waals surface area contributed by atoms with E-state index in [4.69, 9.17) is 5.11 Å². The van der Waals surface area contributed by atoms with Gasteiger partial charge >= 0.3 is 12.0 Å². The van der Waals surface area contributed by atoms with Gasteiger partial charge in [-0.3, -0.25) is 4.79 Å². The molecule has 2 rings (SSSR count). The molecule has 3 amide bonds. The van der Waals surface area contributed by atoms with Crippen LogP contribution in [0.5, 0.6) is 0 Å². The van der Waals surface area contributed by atoms with Crippen molar-refractivity contribution in [1.82, 2.24) is 20.1 Å². The smallest absolute Gasteiger partial charge is 0.347 e. The Morgan fingerprint density at radius 1 is 1.43 bits per heavy atom. The van der Waals surface area contributed by atoms with Crippen molar-refractivity contribution < 1.29 is 19.5 Å². The predicted octanol–water partition coefficient (Wildman–Crippen LogP) is 0.133. The number of carbonyl (C=O) groups is 3. The molecule has 1 saturated heterocycles. The Kier molecular flexibility index (Phi) is 4.41. The Hall–Kier alpha value is -2.16. The lowest BCUT2D eigenvalue weighted by atomic mass is 10.3. The van der Waals surface area contributed by atoms with Crippen molar-refractivity contribution in [2.45, 2.75) is 13.5 Å². The quantitative estimate of drug-likeness (QED) is 0.826. The average Bonchev–Trinajstić information content (AvgIpc) is 2.80. The van der Waals surface area contributed by atoms with Gasteiger partial charge in [0.1, 0.15) is 16.4 Å². The highest BCUT2D eigenvalue weighted by molar-refractivity contribution is 7.13. The number of urea groups is 1. The van der Waals surface area contributed by atoms with Crippen LogP contribution in [0, 0.1) is 6.92 Å². The Morgan fingerprint density at radius 2 is 2.14 bits per heavy atom. The van der Waals surface area contributed by atoms with Crippen LogP contribution in [-0.2, 0) is 11.3 Å². The van der Waals surface area contributed by atoms with Gasteiger partial charge in [-0.05, 0) is 6.92 Å². The van der Waals surface area contributed by atoms with Gasteiger partial charge in [0.05, 0.1) is 12.2 Å². The molecular formula is C12H16N4O4S. The van der Waals surface area contributed by atoms with E-state index in [0.717, 1.165) is 11.3 Å². The first kappa shape index (κ1) is 15.2. The molecule has 1 aliphatic heterocycles. The van der Waals surface area contributed by atoms with E-state index in [1.165, 1.54) is 4.90 Å². The number of piperazine rings is 1. The normalized spacial score (nSPS) is 15.2. The lowest BCUT2D eigenvalue weighted by Gasteiger charge is -2.31. The van der Waals surface area contributed by atoms with Crippen LogP contribution >= 0.6 is 11.3 Å². The number of amides is 3. The minimum absolute atomic E-state index is 0.0552. The molecule has 1 aromatic heterocycles.